The van der Waals surface area contributed by atoms with Gasteiger partial charge in [-0.25, -0.2) is 0 Å². The lowest BCUT2D eigenvalue weighted by atomic mass is 10.0. The molecule has 0 radical (unpaired) electrons. The van der Waals surface area contributed by atoms with Crippen LogP contribution in [0.15, 0.2) is 36.4 Å². The fraction of sp³-hybridized carbons (Fsp3) is 0.412. The molecule has 0 fully saturated rings. The molecule has 0 saturated carbocycles. The van der Waals surface area contributed by atoms with Gasteiger partial charge in [-0.2, -0.15) is 0 Å². The second kappa shape index (κ2) is 6.58. The molecule has 0 aromatic heterocycles. The number of hydrogen-bond donors (Lipinski definition) is 1. The van der Waals surface area contributed by atoms with Crippen LogP contribution in [0, 0.1) is 0 Å². The molecular formula is C17H23NO. The van der Waals surface area contributed by atoms with E-state index in [-0.39, 0.29) is 0 Å². The maximum Gasteiger partial charge on any atom is 0.124 e. The summed E-state index contributed by atoms with van der Waals surface area (Å²) >= 11 is 0. The third kappa shape index (κ3) is 3.27. The van der Waals surface area contributed by atoms with Gasteiger partial charge >= 0.3 is 0 Å². The number of nitrogens with one attached hydrogen (secondary N) is 1. The standard InChI is InChI=1S/C17H23NO/c1-4-13(3)18-12-16-15-9-7-6-8-14(15)10-11-17(16)19-5-2/h6-11,13,18H,4-5,12H2,1-3H3/t13-/m1/s1. The van der Waals surface area contributed by atoms with Gasteiger partial charge in [-0.15, -0.1) is 0 Å². The van der Waals surface area contributed by atoms with Crippen molar-refractivity contribution in [3.05, 3.63) is 42.0 Å². The first-order valence-electron chi connectivity index (χ1n) is 7.13. The molecule has 0 aliphatic carbocycles. The lowest BCUT2D eigenvalue weighted by Crippen LogP contribution is -2.24. The Labute approximate surface area is 115 Å². The van der Waals surface area contributed by atoms with E-state index in [4.69, 9.17) is 4.74 Å². The van der Waals surface area contributed by atoms with Crippen molar-refractivity contribution in [1.29, 1.82) is 0 Å². The van der Waals surface area contributed by atoms with Gasteiger partial charge in [0.05, 0.1) is 6.61 Å². The van der Waals surface area contributed by atoms with Crippen molar-refractivity contribution in [2.45, 2.75) is 39.8 Å². The molecule has 19 heavy (non-hydrogen) atoms. The van der Waals surface area contributed by atoms with Crippen LogP contribution in [0.3, 0.4) is 0 Å². The predicted molar refractivity (Wildman–Crippen MR) is 81.7 cm³/mol. The average molecular weight is 257 g/mol. The molecule has 0 saturated heterocycles. The van der Waals surface area contributed by atoms with E-state index < -0.39 is 0 Å². The molecule has 0 heterocycles. The zero-order chi connectivity index (χ0) is 13.7. The second-order valence-electron chi connectivity index (χ2n) is 4.89. The predicted octanol–water partition coefficient (Wildman–Crippen LogP) is 4.13. The van der Waals surface area contributed by atoms with Crippen LogP contribution >= 0.6 is 0 Å². The third-order valence-electron chi connectivity index (χ3n) is 3.54. The van der Waals surface area contributed by atoms with Crippen LogP contribution in [0.4, 0.5) is 0 Å². The van der Waals surface area contributed by atoms with Gasteiger partial charge in [0, 0.05) is 18.2 Å². The normalized spacial score (nSPS) is 12.6. The molecule has 0 unspecified atom stereocenters. The van der Waals surface area contributed by atoms with Crippen LogP contribution < -0.4 is 10.1 Å². The number of fused-ring (bicyclic) bond motifs is 1. The van der Waals surface area contributed by atoms with Gasteiger partial charge in [0.2, 0.25) is 0 Å². The summed E-state index contributed by atoms with van der Waals surface area (Å²) in [6, 6.07) is 13.2. The molecular weight excluding hydrogens is 234 g/mol. The van der Waals surface area contributed by atoms with Crippen molar-refractivity contribution >= 4 is 10.8 Å². The quantitative estimate of drug-likeness (QED) is 0.840. The van der Waals surface area contributed by atoms with Gasteiger partial charge in [-0.1, -0.05) is 37.3 Å². The Bertz CT molecular complexity index is 536. The summed E-state index contributed by atoms with van der Waals surface area (Å²) in [5.74, 6) is 0.997. The maximum atomic E-state index is 5.77. The van der Waals surface area contributed by atoms with E-state index in [1.165, 1.54) is 16.3 Å². The molecule has 1 atom stereocenters. The molecule has 0 aliphatic heterocycles. The Balaban J connectivity index is 2.37. The van der Waals surface area contributed by atoms with Crippen molar-refractivity contribution in [2.24, 2.45) is 0 Å². The van der Waals surface area contributed by atoms with E-state index in [0.29, 0.717) is 12.6 Å². The van der Waals surface area contributed by atoms with Crippen LogP contribution in [0.5, 0.6) is 5.75 Å². The average Bonchev–Trinajstić information content (AvgIpc) is 2.45. The summed E-state index contributed by atoms with van der Waals surface area (Å²) in [7, 11) is 0. The van der Waals surface area contributed by atoms with E-state index in [1.807, 2.05) is 6.92 Å². The molecule has 2 aromatic rings. The summed E-state index contributed by atoms with van der Waals surface area (Å²) < 4.78 is 5.77. The maximum absolute atomic E-state index is 5.77. The Hall–Kier alpha value is -1.54. The van der Waals surface area contributed by atoms with Gasteiger partial charge in [-0.3, -0.25) is 0 Å². The van der Waals surface area contributed by atoms with Gasteiger partial charge in [-0.05, 0) is 37.1 Å². The third-order valence-corrected chi connectivity index (χ3v) is 3.54. The van der Waals surface area contributed by atoms with Crippen LogP contribution in [-0.2, 0) is 6.54 Å². The Kier molecular flexibility index (Phi) is 4.80. The smallest absolute Gasteiger partial charge is 0.124 e. The molecule has 2 aromatic carbocycles. The number of rotatable bonds is 6. The SMILES string of the molecule is CCOc1ccc2ccccc2c1CN[C@H](C)CC. The highest BCUT2D eigenvalue weighted by Gasteiger charge is 2.09. The van der Waals surface area contributed by atoms with E-state index in [0.717, 1.165) is 18.7 Å². The largest absolute Gasteiger partial charge is 0.494 e. The number of hydrogen-bond acceptors (Lipinski definition) is 2. The minimum Gasteiger partial charge on any atom is -0.494 e. The van der Waals surface area contributed by atoms with E-state index in [2.05, 4.69) is 55.6 Å². The summed E-state index contributed by atoms with van der Waals surface area (Å²) in [6.45, 7) is 8.00. The molecule has 1 N–H and O–H groups in total. The molecule has 2 rings (SSSR count). The van der Waals surface area contributed by atoms with Crippen molar-refractivity contribution in [3.8, 4) is 5.75 Å². The van der Waals surface area contributed by atoms with Crippen molar-refractivity contribution in [2.75, 3.05) is 6.61 Å². The summed E-state index contributed by atoms with van der Waals surface area (Å²) in [5, 5.41) is 6.11. The molecule has 0 aliphatic rings. The Morgan fingerprint density at radius 3 is 2.63 bits per heavy atom. The van der Waals surface area contributed by atoms with E-state index >= 15 is 0 Å². The van der Waals surface area contributed by atoms with Gasteiger partial charge in [0.1, 0.15) is 5.75 Å². The minimum absolute atomic E-state index is 0.522. The summed E-state index contributed by atoms with van der Waals surface area (Å²) in [6.07, 6.45) is 1.13. The minimum atomic E-state index is 0.522. The molecule has 102 valence electrons. The number of benzene rings is 2. The fourth-order valence-corrected chi connectivity index (χ4v) is 2.21. The lowest BCUT2D eigenvalue weighted by molar-refractivity contribution is 0.335. The Morgan fingerprint density at radius 2 is 1.89 bits per heavy atom. The first-order chi connectivity index (χ1) is 9.26. The zero-order valence-corrected chi connectivity index (χ0v) is 12.1. The number of ether oxygens (including phenoxy) is 1. The van der Waals surface area contributed by atoms with Crippen LogP contribution in [-0.4, -0.2) is 12.6 Å². The highest BCUT2D eigenvalue weighted by molar-refractivity contribution is 5.87. The lowest BCUT2D eigenvalue weighted by Gasteiger charge is -2.16. The monoisotopic (exact) mass is 257 g/mol. The molecule has 2 heteroatoms. The summed E-state index contributed by atoms with van der Waals surface area (Å²) in [4.78, 5) is 0. The highest BCUT2D eigenvalue weighted by atomic mass is 16.5. The van der Waals surface area contributed by atoms with Crippen LogP contribution in [0.1, 0.15) is 32.8 Å². The van der Waals surface area contributed by atoms with E-state index in [1.54, 1.807) is 0 Å². The van der Waals surface area contributed by atoms with Crippen molar-refractivity contribution in [3.63, 3.8) is 0 Å². The molecule has 2 nitrogen and oxygen atoms in total. The van der Waals surface area contributed by atoms with Crippen molar-refractivity contribution < 1.29 is 4.74 Å². The molecule has 0 spiro atoms. The topological polar surface area (TPSA) is 21.3 Å². The van der Waals surface area contributed by atoms with Gasteiger partial charge in [0.25, 0.3) is 0 Å². The van der Waals surface area contributed by atoms with E-state index in [9.17, 15) is 0 Å². The fourth-order valence-electron chi connectivity index (χ4n) is 2.21. The van der Waals surface area contributed by atoms with Crippen LogP contribution in [0.25, 0.3) is 10.8 Å². The Morgan fingerprint density at radius 1 is 1.11 bits per heavy atom. The zero-order valence-electron chi connectivity index (χ0n) is 12.1. The molecule has 0 amide bonds. The highest BCUT2D eigenvalue weighted by Crippen LogP contribution is 2.28. The molecule has 0 bridgehead atoms. The second-order valence-corrected chi connectivity index (χ2v) is 4.89. The van der Waals surface area contributed by atoms with Crippen molar-refractivity contribution in [1.82, 2.24) is 5.32 Å². The summed E-state index contributed by atoms with van der Waals surface area (Å²) in [5.41, 5.74) is 1.26. The van der Waals surface area contributed by atoms with Crippen LogP contribution in [0.2, 0.25) is 0 Å². The van der Waals surface area contributed by atoms with Gasteiger partial charge in [0.15, 0.2) is 0 Å². The first kappa shape index (κ1) is 13.9. The van der Waals surface area contributed by atoms with Gasteiger partial charge < -0.3 is 10.1 Å². The first-order valence-corrected chi connectivity index (χ1v) is 7.13.